The molecule has 2 aromatic carbocycles. The predicted octanol–water partition coefficient (Wildman–Crippen LogP) is 3.16. The van der Waals surface area contributed by atoms with Gasteiger partial charge in [-0.15, -0.1) is 0 Å². The van der Waals surface area contributed by atoms with E-state index in [0.29, 0.717) is 12.5 Å². The lowest BCUT2D eigenvalue weighted by molar-refractivity contribution is -0.142. The molecular weight excluding hydrogens is 448 g/mol. The Bertz CT molecular complexity index is 1070. The smallest absolute Gasteiger partial charge is 0.407 e. The first-order valence-corrected chi connectivity index (χ1v) is 12.2. The number of amides is 2. The minimum atomic E-state index is -1.03. The van der Waals surface area contributed by atoms with Gasteiger partial charge in [0, 0.05) is 24.4 Å². The van der Waals surface area contributed by atoms with Gasteiger partial charge in [-0.3, -0.25) is 4.79 Å². The van der Waals surface area contributed by atoms with Gasteiger partial charge in [-0.1, -0.05) is 48.5 Å². The van der Waals surface area contributed by atoms with Crippen LogP contribution in [0, 0.1) is 17.8 Å². The third-order valence-corrected chi connectivity index (χ3v) is 7.61. The molecule has 0 aromatic heterocycles. The molecule has 3 N–H and O–H groups in total. The van der Waals surface area contributed by atoms with Gasteiger partial charge in [0.25, 0.3) is 0 Å². The zero-order chi connectivity index (χ0) is 24.4. The van der Waals surface area contributed by atoms with Crippen molar-refractivity contribution in [1.29, 1.82) is 0 Å². The van der Waals surface area contributed by atoms with Crippen LogP contribution in [0.5, 0.6) is 0 Å². The SMILES string of the molecule is O=C(O)COCCNC(=O)C1C[C@@H]2C[C@H](NC(=O)OCC3c4ccccc4-c4ccccc43)[C@@H]2C1. The van der Waals surface area contributed by atoms with Crippen molar-refractivity contribution in [2.75, 3.05) is 26.4 Å². The van der Waals surface area contributed by atoms with Gasteiger partial charge >= 0.3 is 12.1 Å². The van der Waals surface area contributed by atoms with Gasteiger partial charge in [-0.25, -0.2) is 9.59 Å². The Hall–Kier alpha value is -3.39. The van der Waals surface area contributed by atoms with E-state index < -0.39 is 12.1 Å². The second-order valence-electron chi connectivity index (χ2n) is 9.64. The molecule has 2 fully saturated rings. The molecule has 1 unspecified atom stereocenters. The molecular formula is C27H30N2O6. The molecule has 0 aliphatic heterocycles. The molecule has 0 bridgehead atoms. The Morgan fingerprint density at radius 1 is 0.943 bits per heavy atom. The van der Waals surface area contributed by atoms with Crippen LogP contribution in [0.15, 0.2) is 48.5 Å². The summed E-state index contributed by atoms with van der Waals surface area (Å²) in [6.45, 7) is 0.380. The Balaban J connectivity index is 1.07. The average Bonchev–Trinajstić information content (AvgIpc) is 3.36. The number of fused-ring (bicyclic) bond motifs is 4. The third kappa shape index (κ3) is 4.89. The van der Waals surface area contributed by atoms with E-state index in [-0.39, 0.29) is 49.5 Å². The average molecular weight is 479 g/mol. The van der Waals surface area contributed by atoms with E-state index in [9.17, 15) is 14.4 Å². The lowest BCUT2D eigenvalue weighted by Crippen LogP contribution is -2.50. The molecule has 3 aliphatic rings. The molecule has 8 nitrogen and oxygen atoms in total. The first kappa shape index (κ1) is 23.4. The highest BCUT2D eigenvalue weighted by Gasteiger charge is 2.50. The van der Waals surface area contributed by atoms with Gasteiger partial charge in [0.2, 0.25) is 5.91 Å². The first-order valence-electron chi connectivity index (χ1n) is 12.2. The molecule has 0 spiro atoms. The fraction of sp³-hybridized carbons (Fsp3) is 0.444. The summed E-state index contributed by atoms with van der Waals surface area (Å²) in [6.07, 6.45) is 2.01. The summed E-state index contributed by atoms with van der Waals surface area (Å²) in [4.78, 5) is 35.5. The summed E-state index contributed by atoms with van der Waals surface area (Å²) in [7, 11) is 0. The number of carbonyl (C=O) groups excluding carboxylic acids is 2. The molecule has 8 heteroatoms. The number of rotatable bonds is 9. The van der Waals surface area contributed by atoms with Crippen molar-refractivity contribution >= 4 is 18.0 Å². The highest BCUT2D eigenvalue weighted by Crippen LogP contribution is 2.50. The molecule has 4 atom stereocenters. The van der Waals surface area contributed by atoms with Crippen molar-refractivity contribution in [3.63, 3.8) is 0 Å². The predicted molar refractivity (Wildman–Crippen MR) is 128 cm³/mol. The van der Waals surface area contributed by atoms with Gasteiger partial charge in [0.05, 0.1) is 6.61 Å². The Morgan fingerprint density at radius 2 is 1.63 bits per heavy atom. The second kappa shape index (κ2) is 10.1. The fourth-order valence-corrected chi connectivity index (χ4v) is 5.95. The van der Waals surface area contributed by atoms with Crippen LogP contribution in [-0.4, -0.2) is 55.5 Å². The number of benzene rings is 2. The van der Waals surface area contributed by atoms with E-state index in [4.69, 9.17) is 14.6 Å². The molecule has 2 saturated carbocycles. The minimum Gasteiger partial charge on any atom is -0.480 e. The van der Waals surface area contributed by atoms with E-state index in [1.165, 1.54) is 22.3 Å². The van der Waals surface area contributed by atoms with Crippen molar-refractivity contribution in [2.24, 2.45) is 17.8 Å². The Kier molecular flexibility index (Phi) is 6.72. The molecule has 184 valence electrons. The van der Waals surface area contributed by atoms with Crippen LogP contribution in [-0.2, 0) is 19.1 Å². The molecule has 35 heavy (non-hydrogen) atoms. The van der Waals surface area contributed by atoms with E-state index in [1.807, 2.05) is 24.3 Å². The quantitative estimate of drug-likeness (QED) is 0.477. The number of ether oxygens (including phenoxy) is 2. The van der Waals surface area contributed by atoms with Crippen LogP contribution in [0.3, 0.4) is 0 Å². The summed E-state index contributed by atoms with van der Waals surface area (Å²) < 4.78 is 10.6. The standard InChI is InChI=1S/C27H30N2O6/c30-25(31)15-34-10-9-28-26(32)17-11-16-13-24(22(16)12-17)29-27(33)35-14-23-20-7-3-1-5-18(20)19-6-2-4-8-21(19)23/h1-8,16-17,22-24H,9-15H2,(H,28,32)(H,29,33)(H,30,31)/t16-,17?,22-,24+/m1/s1. The molecule has 0 heterocycles. The monoisotopic (exact) mass is 478 g/mol. The van der Waals surface area contributed by atoms with Crippen LogP contribution in [0.4, 0.5) is 4.79 Å². The van der Waals surface area contributed by atoms with Crippen molar-refractivity contribution in [1.82, 2.24) is 10.6 Å². The summed E-state index contributed by atoms with van der Waals surface area (Å²) >= 11 is 0. The van der Waals surface area contributed by atoms with Crippen molar-refractivity contribution in [3.8, 4) is 11.1 Å². The van der Waals surface area contributed by atoms with E-state index in [2.05, 4.69) is 34.9 Å². The fourth-order valence-electron chi connectivity index (χ4n) is 5.95. The lowest BCUT2D eigenvalue weighted by atomic mass is 9.71. The highest BCUT2D eigenvalue weighted by atomic mass is 16.5. The number of carbonyl (C=O) groups is 3. The molecule has 5 rings (SSSR count). The molecule has 0 radical (unpaired) electrons. The van der Waals surface area contributed by atoms with Crippen LogP contribution in [0.25, 0.3) is 11.1 Å². The number of hydrogen-bond donors (Lipinski definition) is 3. The third-order valence-electron chi connectivity index (χ3n) is 7.61. The molecule has 0 saturated heterocycles. The zero-order valence-electron chi connectivity index (χ0n) is 19.4. The minimum absolute atomic E-state index is 0.0290. The van der Waals surface area contributed by atoms with Crippen LogP contribution >= 0.6 is 0 Å². The van der Waals surface area contributed by atoms with Gasteiger partial charge in [0.1, 0.15) is 13.2 Å². The van der Waals surface area contributed by atoms with Crippen LogP contribution in [0.1, 0.15) is 36.3 Å². The highest BCUT2D eigenvalue weighted by molar-refractivity contribution is 5.80. The summed E-state index contributed by atoms with van der Waals surface area (Å²) in [6, 6.07) is 16.5. The largest absolute Gasteiger partial charge is 0.480 e. The summed E-state index contributed by atoms with van der Waals surface area (Å²) in [5.74, 6) is -0.389. The lowest BCUT2D eigenvalue weighted by Gasteiger charge is -2.40. The van der Waals surface area contributed by atoms with Gasteiger partial charge in [-0.05, 0) is 53.4 Å². The Morgan fingerprint density at radius 3 is 2.31 bits per heavy atom. The number of carboxylic acid groups (broad SMARTS) is 1. The second-order valence-corrected chi connectivity index (χ2v) is 9.64. The van der Waals surface area contributed by atoms with E-state index in [1.54, 1.807) is 0 Å². The van der Waals surface area contributed by atoms with E-state index >= 15 is 0 Å². The van der Waals surface area contributed by atoms with Gasteiger partial charge < -0.3 is 25.2 Å². The summed E-state index contributed by atoms with van der Waals surface area (Å²) in [5.41, 5.74) is 4.76. The molecule has 3 aliphatic carbocycles. The molecule has 2 amide bonds. The maximum Gasteiger partial charge on any atom is 0.407 e. The van der Waals surface area contributed by atoms with Crippen molar-refractivity contribution in [2.45, 2.75) is 31.2 Å². The Labute approximate surface area is 204 Å². The zero-order valence-corrected chi connectivity index (χ0v) is 19.4. The topological polar surface area (TPSA) is 114 Å². The maximum absolute atomic E-state index is 12.6. The normalized spacial score (nSPS) is 24.0. The first-order chi connectivity index (χ1) is 17.0. The van der Waals surface area contributed by atoms with Gasteiger partial charge in [0.15, 0.2) is 0 Å². The van der Waals surface area contributed by atoms with Crippen LogP contribution < -0.4 is 10.6 Å². The number of alkyl carbamates (subject to hydrolysis) is 1. The number of nitrogens with one attached hydrogen (secondary N) is 2. The summed E-state index contributed by atoms with van der Waals surface area (Å²) in [5, 5.41) is 14.4. The van der Waals surface area contributed by atoms with Crippen molar-refractivity contribution in [3.05, 3.63) is 59.7 Å². The number of hydrogen-bond acceptors (Lipinski definition) is 5. The van der Waals surface area contributed by atoms with E-state index in [0.717, 1.165) is 19.3 Å². The molecule has 2 aromatic rings. The van der Waals surface area contributed by atoms with Crippen LogP contribution in [0.2, 0.25) is 0 Å². The maximum atomic E-state index is 12.6. The van der Waals surface area contributed by atoms with Crippen molar-refractivity contribution < 1.29 is 29.0 Å². The number of aliphatic carboxylic acids is 1. The number of carboxylic acids is 1. The van der Waals surface area contributed by atoms with Gasteiger partial charge in [-0.2, -0.15) is 0 Å².